The van der Waals surface area contributed by atoms with Crippen LogP contribution >= 0.6 is 0 Å². The number of nitrogens with one attached hydrogen (secondary N) is 1. The molecule has 2 amide bonds. The normalized spacial score (nSPS) is 19.3. The first-order chi connectivity index (χ1) is 20.1. The fourth-order valence-electron chi connectivity index (χ4n) is 5.91. The molecule has 2 aliphatic rings. The first kappa shape index (κ1) is 29.7. The molecule has 2 saturated carbocycles. The van der Waals surface area contributed by atoms with Crippen molar-refractivity contribution in [1.29, 1.82) is 0 Å². The summed E-state index contributed by atoms with van der Waals surface area (Å²) in [6.07, 6.45) is 3.55. The Morgan fingerprint density at radius 3 is 2.24 bits per heavy atom. The highest BCUT2D eigenvalue weighted by Gasteiger charge is 2.49. The minimum Gasteiger partial charge on any atom is -0.444 e. The summed E-state index contributed by atoms with van der Waals surface area (Å²) in [5.74, 6) is -1.01. The average Bonchev–Trinajstić information content (AvgIpc) is 3.63. The SMILES string of the molecule is COCc1ccc(-c2ccc(N(CC3(NC(=O)OC(C)(C)C)CCCC3)C(=O)C3CC3c3cccc(F)n3)cc2)cc1. The van der Waals surface area contributed by atoms with E-state index in [1.165, 1.54) is 6.07 Å². The van der Waals surface area contributed by atoms with E-state index in [9.17, 15) is 14.0 Å². The molecule has 0 spiro atoms. The van der Waals surface area contributed by atoms with E-state index in [1.807, 2.05) is 57.2 Å². The number of carbonyl (C=O) groups excluding carboxylic acids is 2. The molecular weight excluding hydrogens is 533 g/mol. The number of methoxy groups -OCH3 is 1. The van der Waals surface area contributed by atoms with Gasteiger partial charge < -0.3 is 19.7 Å². The van der Waals surface area contributed by atoms with Gasteiger partial charge in [-0.3, -0.25) is 4.79 Å². The number of ether oxygens (including phenoxy) is 2. The maximum atomic E-state index is 14.1. The Balaban J connectivity index is 1.41. The Morgan fingerprint density at radius 2 is 1.64 bits per heavy atom. The van der Waals surface area contributed by atoms with Gasteiger partial charge >= 0.3 is 6.09 Å². The highest BCUT2D eigenvalue weighted by molar-refractivity contribution is 5.98. The maximum absolute atomic E-state index is 14.1. The van der Waals surface area contributed by atoms with Crippen LogP contribution in [0.4, 0.5) is 14.9 Å². The molecule has 42 heavy (non-hydrogen) atoms. The van der Waals surface area contributed by atoms with Gasteiger partial charge in [-0.15, -0.1) is 0 Å². The molecule has 1 heterocycles. The Morgan fingerprint density at radius 1 is 1.00 bits per heavy atom. The zero-order chi connectivity index (χ0) is 29.9. The summed E-state index contributed by atoms with van der Waals surface area (Å²) >= 11 is 0. The summed E-state index contributed by atoms with van der Waals surface area (Å²) in [5.41, 5.74) is 3.33. The van der Waals surface area contributed by atoms with Gasteiger partial charge in [0.2, 0.25) is 11.9 Å². The molecule has 1 aromatic heterocycles. The molecule has 3 aromatic rings. The zero-order valence-corrected chi connectivity index (χ0v) is 24.9. The summed E-state index contributed by atoms with van der Waals surface area (Å²) in [4.78, 5) is 32.9. The van der Waals surface area contributed by atoms with Gasteiger partial charge in [0, 0.05) is 36.9 Å². The third-order valence-electron chi connectivity index (χ3n) is 8.06. The zero-order valence-electron chi connectivity index (χ0n) is 24.9. The first-order valence-corrected chi connectivity index (χ1v) is 14.7. The van der Waals surface area contributed by atoms with Crippen LogP contribution < -0.4 is 10.2 Å². The van der Waals surface area contributed by atoms with Gasteiger partial charge in [0.1, 0.15) is 5.60 Å². The number of hydrogen-bond donors (Lipinski definition) is 1. The lowest BCUT2D eigenvalue weighted by molar-refractivity contribution is -0.120. The maximum Gasteiger partial charge on any atom is 0.408 e. The number of aromatic nitrogens is 1. The minimum atomic E-state index is -0.629. The molecule has 0 aliphatic heterocycles. The van der Waals surface area contributed by atoms with E-state index in [0.29, 0.717) is 25.3 Å². The van der Waals surface area contributed by atoms with E-state index in [1.54, 1.807) is 24.1 Å². The number of carbonyl (C=O) groups is 2. The van der Waals surface area contributed by atoms with Gasteiger partial charge in [0.25, 0.3) is 0 Å². The van der Waals surface area contributed by atoms with Crippen molar-refractivity contribution in [3.63, 3.8) is 0 Å². The van der Waals surface area contributed by atoms with Crippen molar-refractivity contribution in [1.82, 2.24) is 10.3 Å². The van der Waals surface area contributed by atoms with E-state index in [4.69, 9.17) is 9.47 Å². The number of alkyl carbamates (subject to hydrolysis) is 1. The Kier molecular flexibility index (Phi) is 8.64. The predicted molar refractivity (Wildman–Crippen MR) is 161 cm³/mol. The van der Waals surface area contributed by atoms with E-state index in [0.717, 1.165) is 48.1 Å². The van der Waals surface area contributed by atoms with Crippen molar-refractivity contribution in [3.8, 4) is 11.1 Å². The monoisotopic (exact) mass is 573 g/mol. The van der Waals surface area contributed by atoms with E-state index < -0.39 is 23.2 Å². The van der Waals surface area contributed by atoms with E-state index >= 15 is 0 Å². The number of rotatable bonds is 9. The van der Waals surface area contributed by atoms with Gasteiger partial charge in [-0.2, -0.15) is 4.39 Å². The third kappa shape index (κ3) is 7.16. The van der Waals surface area contributed by atoms with E-state index in [-0.39, 0.29) is 17.7 Å². The van der Waals surface area contributed by atoms with Crippen molar-refractivity contribution < 1.29 is 23.5 Å². The van der Waals surface area contributed by atoms with Gasteiger partial charge in [-0.1, -0.05) is 55.3 Å². The van der Waals surface area contributed by atoms with Crippen LogP contribution in [0.15, 0.2) is 66.7 Å². The van der Waals surface area contributed by atoms with Gasteiger partial charge in [-0.25, -0.2) is 9.78 Å². The molecule has 8 heteroatoms. The number of amides is 2. The molecule has 5 rings (SSSR count). The molecule has 2 aromatic carbocycles. The Hall–Kier alpha value is -3.78. The van der Waals surface area contributed by atoms with Crippen molar-refractivity contribution in [2.75, 3.05) is 18.6 Å². The van der Waals surface area contributed by atoms with Crippen LogP contribution in [0.5, 0.6) is 0 Å². The molecule has 0 saturated heterocycles. The minimum absolute atomic E-state index is 0.0417. The van der Waals surface area contributed by atoms with Crippen LogP contribution in [0.25, 0.3) is 11.1 Å². The number of nitrogens with zero attached hydrogens (tertiary/aromatic N) is 2. The fraction of sp³-hybridized carbons (Fsp3) is 0.441. The fourth-order valence-corrected chi connectivity index (χ4v) is 5.91. The topological polar surface area (TPSA) is 80.8 Å². The van der Waals surface area contributed by atoms with Crippen molar-refractivity contribution in [3.05, 3.63) is 83.9 Å². The highest BCUT2D eigenvalue weighted by atomic mass is 19.1. The standard InChI is InChI=1S/C34H40FN3O4/c1-33(2,3)42-32(40)37-34(18-5-6-19-34)22-38(31(39)28-20-27(28)29-8-7-9-30(35)36-29)26-16-14-25(15-17-26)24-12-10-23(11-13-24)21-41-4/h7-17,27-28H,5-6,18-22H2,1-4H3,(H,37,40). The number of hydrogen-bond acceptors (Lipinski definition) is 5. The van der Waals surface area contributed by atoms with Gasteiger partial charge in [0.05, 0.1) is 12.1 Å². The lowest BCUT2D eigenvalue weighted by Gasteiger charge is -2.37. The summed E-state index contributed by atoms with van der Waals surface area (Å²) in [7, 11) is 1.68. The first-order valence-electron chi connectivity index (χ1n) is 14.7. The van der Waals surface area contributed by atoms with Crippen LogP contribution in [0.3, 0.4) is 0 Å². The number of benzene rings is 2. The summed E-state index contributed by atoms with van der Waals surface area (Å²) in [5, 5.41) is 3.14. The second-order valence-electron chi connectivity index (χ2n) is 12.5. The molecule has 2 unspecified atom stereocenters. The lowest BCUT2D eigenvalue weighted by Crippen LogP contribution is -2.56. The molecule has 0 radical (unpaired) electrons. The Labute approximate surface area is 247 Å². The number of anilines is 1. The second kappa shape index (κ2) is 12.2. The Bertz CT molecular complexity index is 1400. The second-order valence-corrected chi connectivity index (χ2v) is 12.5. The predicted octanol–water partition coefficient (Wildman–Crippen LogP) is 7.01. The largest absolute Gasteiger partial charge is 0.444 e. The molecule has 2 aliphatic carbocycles. The summed E-state index contributed by atoms with van der Waals surface area (Å²) < 4.78 is 24.7. The third-order valence-corrected chi connectivity index (χ3v) is 8.06. The van der Waals surface area contributed by atoms with Crippen LogP contribution in [0.1, 0.15) is 70.1 Å². The van der Waals surface area contributed by atoms with E-state index in [2.05, 4.69) is 22.4 Å². The molecule has 2 fully saturated rings. The smallest absolute Gasteiger partial charge is 0.408 e. The van der Waals surface area contributed by atoms with Crippen LogP contribution in [0.2, 0.25) is 0 Å². The lowest BCUT2D eigenvalue weighted by atomic mass is 9.95. The van der Waals surface area contributed by atoms with Crippen LogP contribution in [0, 0.1) is 11.9 Å². The van der Waals surface area contributed by atoms with Crippen molar-refractivity contribution in [2.45, 2.75) is 76.5 Å². The molecule has 222 valence electrons. The van der Waals surface area contributed by atoms with Crippen molar-refractivity contribution >= 4 is 17.7 Å². The molecular formula is C34H40FN3O4. The van der Waals surface area contributed by atoms with Crippen molar-refractivity contribution in [2.24, 2.45) is 5.92 Å². The van der Waals surface area contributed by atoms with Crippen LogP contribution in [-0.2, 0) is 20.9 Å². The molecule has 2 atom stereocenters. The number of halogens is 1. The summed E-state index contributed by atoms with van der Waals surface area (Å²) in [6.45, 7) is 6.40. The molecule has 1 N–H and O–H groups in total. The summed E-state index contributed by atoms with van der Waals surface area (Å²) in [6, 6.07) is 20.9. The van der Waals surface area contributed by atoms with Gasteiger partial charge in [0.15, 0.2) is 0 Å². The quantitative estimate of drug-likeness (QED) is 0.279. The number of pyridine rings is 1. The average molecular weight is 574 g/mol. The van der Waals surface area contributed by atoms with Gasteiger partial charge in [-0.05, 0) is 81.0 Å². The molecule has 7 nitrogen and oxygen atoms in total. The highest BCUT2D eigenvalue weighted by Crippen LogP contribution is 2.48. The molecule has 0 bridgehead atoms. The van der Waals surface area contributed by atoms with Crippen LogP contribution in [-0.4, -0.2) is 41.8 Å².